The van der Waals surface area contributed by atoms with E-state index in [0.717, 1.165) is 16.2 Å². The molecule has 116 valence electrons. The van der Waals surface area contributed by atoms with Crippen molar-refractivity contribution in [2.45, 2.75) is 18.2 Å². The van der Waals surface area contributed by atoms with Gasteiger partial charge in [-0.2, -0.15) is 0 Å². The van der Waals surface area contributed by atoms with Gasteiger partial charge in [0.25, 0.3) is 0 Å². The van der Waals surface area contributed by atoms with Crippen molar-refractivity contribution in [3.8, 4) is 5.75 Å². The van der Waals surface area contributed by atoms with Crippen LogP contribution < -0.4 is 10.1 Å². The number of nitrogens with one attached hydrogen (secondary N) is 1. The van der Waals surface area contributed by atoms with Gasteiger partial charge in [-0.25, -0.2) is 4.39 Å². The molecule has 0 saturated heterocycles. The Labute approximate surface area is 133 Å². The number of hydrogen-bond donors (Lipinski definition) is 1. The highest BCUT2D eigenvalue weighted by atomic mass is 32.2. The molecular weight excluding hydrogens is 301 g/mol. The van der Waals surface area contributed by atoms with E-state index in [1.807, 2.05) is 31.2 Å². The van der Waals surface area contributed by atoms with E-state index in [0.29, 0.717) is 12.2 Å². The molecule has 0 fully saturated rings. The summed E-state index contributed by atoms with van der Waals surface area (Å²) in [5.41, 5.74) is 1.14. The van der Waals surface area contributed by atoms with E-state index in [2.05, 4.69) is 5.32 Å². The third kappa shape index (κ3) is 4.77. The van der Waals surface area contributed by atoms with Gasteiger partial charge in [0.1, 0.15) is 11.6 Å². The van der Waals surface area contributed by atoms with Crippen molar-refractivity contribution in [1.29, 1.82) is 0 Å². The van der Waals surface area contributed by atoms with Crippen molar-refractivity contribution in [2.75, 3.05) is 18.2 Å². The lowest BCUT2D eigenvalue weighted by molar-refractivity contribution is -0.115. The van der Waals surface area contributed by atoms with Gasteiger partial charge in [0.05, 0.1) is 12.8 Å². The Bertz CT molecular complexity index is 644. The summed E-state index contributed by atoms with van der Waals surface area (Å²) in [6, 6.07) is 12.3. The van der Waals surface area contributed by atoms with E-state index in [9.17, 15) is 9.18 Å². The highest BCUT2D eigenvalue weighted by Crippen LogP contribution is 2.22. The monoisotopic (exact) mass is 319 g/mol. The minimum absolute atomic E-state index is 0.189. The molecule has 5 heteroatoms. The highest BCUT2D eigenvalue weighted by molar-refractivity contribution is 7.99. The number of carbonyl (C=O) groups excluding carboxylic acids is 1. The molecule has 0 aliphatic rings. The number of hydrogen-bond acceptors (Lipinski definition) is 3. The molecule has 0 aliphatic carbocycles. The third-order valence-electron chi connectivity index (χ3n) is 3.05. The van der Waals surface area contributed by atoms with Crippen molar-refractivity contribution >= 4 is 23.4 Å². The second-order valence-electron chi connectivity index (χ2n) is 4.81. The number of amides is 1. The van der Waals surface area contributed by atoms with Crippen molar-refractivity contribution in [1.82, 2.24) is 0 Å². The number of anilines is 1. The Hall–Kier alpha value is -2.01. The molecule has 22 heavy (non-hydrogen) atoms. The zero-order valence-electron chi connectivity index (χ0n) is 12.6. The second kappa shape index (κ2) is 7.84. The van der Waals surface area contributed by atoms with Gasteiger partial charge in [0.2, 0.25) is 5.91 Å². The van der Waals surface area contributed by atoms with Crippen molar-refractivity contribution in [3.05, 3.63) is 53.8 Å². The standard InChI is InChI=1S/C17H18FNO2S/c1-12-3-8-15(18)16(11-12)19-17(20)9-10-22-14-6-4-13(21-2)5-7-14/h3-8,11H,9-10H2,1-2H3,(H,19,20). The average molecular weight is 319 g/mol. The van der Waals surface area contributed by atoms with Gasteiger partial charge in [0, 0.05) is 17.1 Å². The molecule has 0 spiro atoms. The van der Waals surface area contributed by atoms with Gasteiger partial charge in [-0.15, -0.1) is 11.8 Å². The quantitative estimate of drug-likeness (QED) is 0.808. The summed E-state index contributed by atoms with van der Waals surface area (Å²) in [5, 5.41) is 2.61. The lowest BCUT2D eigenvalue weighted by atomic mass is 10.2. The predicted octanol–water partition coefficient (Wildman–Crippen LogP) is 4.26. The van der Waals surface area contributed by atoms with Crippen LogP contribution in [0.2, 0.25) is 0 Å². The van der Waals surface area contributed by atoms with E-state index < -0.39 is 5.82 Å². The van der Waals surface area contributed by atoms with Gasteiger partial charge in [-0.05, 0) is 48.9 Å². The van der Waals surface area contributed by atoms with E-state index in [1.54, 1.807) is 31.0 Å². The Morgan fingerprint density at radius 3 is 2.64 bits per heavy atom. The van der Waals surface area contributed by atoms with E-state index in [4.69, 9.17) is 4.74 Å². The minimum atomic E-state index is -0.415. The molecule has 1 N–H and O–H groups in total. The fourth-order valence-corrected chi connectivity index (χ4v) is 2.73. The fourth-order valence-electron chi connectivity index (χ4n) is 1.88. The zero-order valence-corrected chi connectivity index (χ0v) is 13.4. The summed E-state index contributed by atoms with van der Waals surface area (Å²) in [4.78, 5) is 12.9. The Morgan fingerprint density at radius 2 is 1.95 bits per heavy atom. The van der Waals surface area contributed by atoms with E-state index in [-0.39, 0.29) is 11.6 Å². The first-order chi connectivity index (χ1) is 10.6. The molecule has 0 aromatic heterocycles. The van der Waals surface area contributed by atoms with Crippen LogP contribution in [0.1, 0.15) is 12.0 Å². The SMILES string of the molecule is COc1ccc(SCCC(=O)Nc2cc(C)ccc2F)cc1. The molecule has 1 amide bonds. The Morgan fingerprint density at radius 1 is 1.23 bits per heavy atom. The van der Waals surface area contributed by atoms with E-state index >= 15 is 0 Å². The molecule has 2 rings (SSSR count). The zero-order chi connectivity index (χ0) is 15.9. The lowest BCUT2D eigenvalue weighted by Crippen LogP contribution is -2.13. The number of thioether (sulfide) groups is 1. The maximum absolute atomic E-state index is 13.6. The smallest absolute Gasteiger partial charge is 0.225 e. The predicted molar refractivity (Wildman–Crippen MR) is 88.1 cm³/mol. The summed E-state index contributed by atoms with van der Waals surface area (Å²) in [5.74, 6) is 0.829. The number of ether oxygens (including phenoxy) is 1. The molecule has 2 aromatic rings. The Balaban J connectivity index is 1.81. The molecule has 0 bridgehead atoms. The number of benzene rings is 2. The van der Waals surface area contributed by atoms with Crippen molar-refractivity contribution in [2.24, 2.45) is 0 Å². The summed E-state index contributed by atoms with van der Waals surface area (Å²) in [7, 11) is 1.62. The minimum Gasteiger partial charge on any atom is -0.497 e. The van der Waals surface area contributed by atoms with E-state index in [1.165, 1.54) is 6.07 Å². The largest absolute Gasteiger partial charge is 0.497 e. The van der Waals surface area contributed by atoms with Crippen LogP contribution in [-0.2, 0) is 4.79 Å². The fraction of sp³-hybridized carbons (Fsp3) is 0.235. The molecule has 0 atom stereocenters. The van der Waals surface area contributed by atoms with Crippen LogP contribution in [0.5, 0.6) is 5.75 Å². The van der Waals surface area contributed by atoms with Crippen LogP contribution >= 0.6 is 11.8 Å². The van der Waals surface area contributed by atoms with Gasteiger partial charge in [-0.1, -0.05) is 6.07 Å². The molecule has 2 aromatic carbocycles. The van der Waals surface area contributed by atoms with Crippen LogP contribution in [-0.4, -0.2) is 18.8 Å². The molecular formula is C17H18FNO2S. The van der Waals surface area contributed by atoms with Crippen LogP contribution in [0.4, 0.5) is 10.1 Å². The van der Waals surface area contributed by atoms with Crippen LogP contribution in [0, 0.1) is 12.7 Å². The van der Waals surface area contributed by atoms with Gasteiger partial charge < -0.3 is 10.1 Å². The molecule has 0 unspecified atom stereocenters. The molecule has 3 nitrogen and oxygen atoms in total. The van der Waals surface area contributed by atoms with Gasteiger partial charge in [-0.3, -0.25) is 4.79 Å². The normalized spacial score (nSPS) is 10.3. The van der Waals surface area contributed by atoms with Gasteiger partial charge in [0.15, 0.2) is 0 Å². The van der Waals surface area contributed by atoms with Crippen LogP contribution in [0.3, 0.4) is 0 Å². The first kappa shape index (κ1) is 16.4. The molecule has 0 aliphatic heterocycles. The van der Waals surface area contributed by atoms with Crippen molar-refractivity contribution in [3.63, 3.8) is 0 Å². The molecule has 0 saturated carbocycles. The molecule has 0 heterocycles. The Kier molecular flexibility index (Phi) is 5.83. The maximum atomic E-state index is 13.6. The molecule has 0 radical (unpaired) electrons. The summed E-state index contributed by atoms with van der Waals surface area (Å²) >= 11 is 1.58. The number of aryl methyl sites for hydroxylation is 1. The number of carbonyl (C=O) groups is 1. The van der Waals surface area contributed by atoms with Gasteiger partial charge >= 0.3 is 0 Å². The third-order valence-corrected chi connectivity index (χ3v) is 4.07. The number of methoxy groups -OCH3 is 1. The topological polar surface area (TPSA) is 38.3 Å². The van der Waals surface area contributed by atoms with Crippen LogP contribution in [0.25, 0.3) is 0 Å². The lowest BCUT2D eigenvalue weighted by Gasteiger charge is -2.07. The van der Waals surface area contributed by atoms with Crippen molar-refractivity contribution < 1.29 is 13.9 Å². The summed E-state index contributed by atoms with van der Waals surface area (Å²) < 4.78 is 18.6. The highest BCUT2D eigenvalue weighted by Gasteiger charge is 2.07. The second-order valence-corrected chi connectivity index (χ2v) is 5.97. The maximum Gasteiger partial charge on any atom is 0.225 e. The first-order valence-electron chi connectivity index (χ1n) is 6.91. The first-order valence-corrected chi connectivity index (χ1v) is 7.90. The average Bonchev–Trinajstić information content (AvgIpc) is 2.51. The van der Waals surface area contributed by atoms with Crippen LogP contribution in [0.15, 0.2) is 47.4 Å². The summed E-state index contributed by atoms with van der Waals surface area (Å²) in [6.07, 6.45) is 0.323. The number of halogens is 1. The summed E-state index contributed by atoms with van der Waals surface area (Å²) in [6.45, 7) is 1.86. The number of rotatable bonds is 6.